The van der Waals surface area contributed by atoms with Crippen LogP contribution in [0, 0.1) is 5.92 Å². The lowest BCUT2D eigenvalue weighted by Gasteiger charge is -2.30. The second-order valence-electron chi connectivity index (χ2n) is 6.60. The summed E-state index contributed by atoms with van der Waals surface area (Å²) >= 11 is 3.62. The van der Waals surface area contributed by atoms with Crippen LogP contribution in [0.1, 0.15) is 45.0 Å². The van der Waals surface area contributed by atoms with Gasteiger partial charge in [0.1, 0.15) is 0 Å². The quantitative estimate of drug-likeness (QED) is 0.881. The van der Waals surface area contributed by atoms with Gasteiger partial charge in [0.05, 0.1) is 11.2 Å². The Morgan fingerprint density at radius 2 is 2.05 bits per heavy atom. The van der Waals surface area contributed by atoms with Gasteiger partial charge in [-0.25, -0.2) is 0 Å². The number of hydrogen-bond donors (Lipinski definition) is 1. The highest BCUT2D eigenvalue weighted by molar-refractivity contribution is 7.26. The van der Waals surface area contributed by atoms with E-state index in [9.17, 15) is 0 Å². The average Bonchev–Trinajstić information content (AvgIpc) is 2.87. The van der Waals surface area contributed by atoms with E-state index in [0.29, 0.717) is 5.92 Å². The Bertz CT molecular complexity index is 568. The van der Waals surface area contributed by atoms with Crippen LogP contribution in [0.2, 0.25) is 0 Å². The van der Waals surface area contributed by atoms with E-state index in [2.05, 4.69) is 45.2 Å². The zero-order valence-electron chi connectivity index (χ0n) is 11.9. The van der Waals surface area contributed by atoms with Crippen LogP contribution in [0.3, 0.4) is 0 Å². The maximum absolute atomic E-state index is 6.56. The smallest absolute Gasteiger partial charge is 0.0681 e. The SMILES string of the molecule is CC1(C)CC(C(N)c2cc3sccc3s2)C(C)(C)O1. The summed E-state index contributed by atoms with van der Waals surface area (Å²) in [5.41, 5.74) is 6.33. The molecule has 2 aromatic rings. The summed E-state index contributed by atoms with van der Waals surface area (Å²) in [6.07, 6.45) is 1.02. The van der Waals surface area contributed by atoms with E-state index in [4.69, 9.17) is 10.5 Å². The van der Waals surface area contributed by atoms with E-state index in [1.165, 1.54) is 14.3 Å². The van der Waals surface area contributed by atoms with Crippen LogP contribution < -0.4 is 5.73 Å². The molecule has 2 N–H and O–H groups in total. The number of ether oxygens (including phenoxy) is 1. The fourth-order valence-corrected chi connectivity index (χ4v) is 5.50. The molecular weight excluding hydrogens is 274 g/mol. The molecule has 2 nitrogen and oxygen atoms in total. The molecular formula is C15H21NOS2. The van der Waals surface area contributed by atoms with Gasteiger partial charge in [0.25, 0.3) is 0 Å². The van der Waals surface area contributed by atoms with Gasteiger partial charge in [0.15, 0.2) is 0 Å². The Balaban J connectivity index is 1.91. The predicted molar refractivity (Wildman–Crippen MR) is 84.0 cm³/mol. The Morgan fingerprint density at radius 3 is 2.63 bits per heavy atom. The molecule has 0 aromatic carbocycles. The molecule has 1 saturated heterocycles. The molecule has 2 unspecified atom stereocenters. The molecule has 4 heteroatoms. The van der Waals surface area contributed by atoms with Gasteiger partial charge in [-0.15, -0.1) is 22.7 Å². The van der Waals surface area contributed by atoms with Crippen molar-refractivity contribution in [3.05, 3.63) is 22.4 Å². The second kappa shape index (κ2) is 4.29. The highest BCUT2D eigenvalue weighted by atomic mass is 32.1. The molecule has 1 aliphatic heterocycles. The Kier molecular flexibility index (Phi) is 3.06. The van der Waals surface area contributed by atoms with E-state index in [1.807, 2.05) is 11.3 Å². The Morgan fingerprint density at radius 1 is 1.32 bits per heavy atom. The third kappa shape index (κ3) is 2.35. The normalized spacial score (nSPS) is 26.9. The molecule has 2 atom stereocenters. The first-order valence-electron chi connectivity index (χ1n) is 6.71. The zero-order valence-corrected chi connectivity index (χ0v) is 13.5. The predicted octanol–water partition coefficient (Wildman–Crippen LogP) is 4.56. The van der Waals surface area contributed by atoms with E-state index in [-0.39, 0.29) is 17.2 Å². The molecule has 0 saturated carbocycles. The van der Waals surface area contributed by atoms with Gasteiger partial charge >= 0.3 is 0 Å². The van der Waals surface area contributed by atoms with Crippen LogP contribution in [-0.2, 0) is 4.74 Å². The van der Waals surface area contributed by atoms with Crippen LogP contribution in [0.5, 0.6) is 0 Å². The van der Waals surface area contributed by atoms with Gasteiger partial charge in [-0.05, 0) is 51.6 Å². The van der Waals surface area contributed by atoms with E-state index in [1.54, 1.807) is 11.3 Å². The number of hydrogen-bond acceptors (Lipinski definition) is 4. The maximum atomic E-state index is 6.56. The van der Waals surface area contributed by atoms with Gasteiger partial charge < -0.3 is 10.5 Å². The van der Waals surface area contributed by atoms with Crippen molar-refractivity contribution in [2.75, 3.05) is 0 Å². The Hall–Kier alpha value is -0.420. The summed E-state index contributed by atoms with van der Waals surface area (Å²) in [4.78, 5) is 1.29. The number of rotatable bonds is 2. The minimum absolute atomic E-state index is 0.0690. The summed E-state index contributed by atoms with van der Waals surface area (Å²) in [7, 11) is 0. The fraction of sp³-hybridized carbons (Fsp3) is 0.600. The minimum Gasteiger partial charge on any atom is -0.369 e. The lowest BCUT2D eigenvalue weighted by atomic mass is 9.81. The number of fused-ring (bicyclic) bond motifs is 1. The third-order valence-corrected chi connectivity index (χ3v) is 6.26. The highest BCUT2D eigenvalue weighted by Crippen LogP contribution is 2.48. The molecule has 1 fully saturated rings. The standard InChI is InChI=1S/C15H21NOS2/c1-14(2)8-9(15(3,4)17-14)13(16)12-7-11-10(19-12)5-6-18-11/h5-7,9,13H,8,16H2,1-4H3. The van der Waals surface area contributed by atoms with Crippen molar-refractivity contribution < 1.29 is 4.74 Å². The summed E-state index contributed by atoms with van der Waals surface area (Å²) in [5, 5.41) is 2.14. The van der Waals surface area contributed by atoms with Crippen molar-refractivity contribution in [3.63, 3.8) is 0 Å². The fourth-order valence-electron chi connectivity index (χ4n) is 3.31. The van der Waals surface area contributed by atoms with Crippen molar-refractivity contribution in [2.45, 2.75) is 51.4 Å². The molecule has 3 rings (SSSR count). The summed E-state index contributed by atoms with van der Waals surface area (Å²) < 4.78 is 8.88. The molecule has 1 aliphatic rings. The van der Waals surface area contributed by atoms with Gasteiger partial charge in [-0.2, -0.15) is 0 Å². The molecule has 0 spiro atoms. The van der Waals surface area contributed by atoms with Crippen molar-refractivity contribution in [3.8, 4) is 0 Å². The summed E-state index contributed by atoms with van der Waals surface area (Å²) in [6, 6.07) is 4.51. The second-order valence-corrected chi connectivity index (χ2v) is 8.66. The lowest BCUT2D eigenvalue weighted by Crippen LogP contribution is -2.35. The van der Waals surface area contributed by atoms with Crippen LogP contribution in [0.4, 0.5) is 0 Å². The summed E-state index contributed by atoms with van der Waals surface area (Å²) in [6.45, 7) is 8.66. The monoisotopic (exact) mass is 295 g/mol. The van der Waals surface area contributed by atoms with Gasteiger partial charge in [0, 0.05) is 26.2 Å². The van der Waals surface area contributed by atoms with Gasteiger partial charge in [-0.1, -0.05) is 0 Å². The molecule has 2 aromatic heterocycles. The van der Waals surface area contributed by atoms with E-state index in [0.717, 1.165) is 6.42 Å². The topological polar surface area (TPSA) is 35.2 Å². The first-order valence-corrected chi connectivity index (χ1v) is 8.41. The Labute approximate surface area is 122 Å². The molecule has 3 heterocycles. The van der Waals surface area contributed by atoms with Crippen molar-refractivity contribution in [1.82, 2.24) is 0 Å². The van der Waals surface area contributed by atoms with Crippen LogP contribution in [0.25, 0.3) is 9.40 Å². The largest absolute Gasteiger partial charge is 0.369 e. The highest BCUT2D eigenvalue weighted by Gasteiger charge is 2.48. The molecule has 0 radical (unpaired) electrons. The van der Waals surface area contributed by atoms with Crippen molar-refractivity contribution >= 4 is 32.1 Å². The van der Waals surface area contributed by atoms with E-state index >= 15 is 0 Å². The molecule has 19 heavy (non-hydrogen) atoms. The molecule has 0 amide bonds. The van der Waals surface area contributed by atoms with Crippen molar-refractivity contribution in [2.24, 2.45) is 11.7 Å². The van der Waals surface area contributed by atoms with Crippen LogP contribution in [-0.4, -0.2) is 11.2 Å². The van der Waals surface area contributed by atoms with Crippen molar-refractivity contribution in [1.29, 1.82) is 0 Å². The van der Waals surface area contributed by atoms with E-state index < -0.39 is 0 Å². The maximum Gasteiger partial charge on any atom is 0.0681 e. The number of nitrogens with two attached hydrogens (primary N) is 1. The zero-order chi connectivity index (χ0) is 13.8. The molecule has 104 valence electrons. The summed E-state index contributed by atoms with van der Waals surface area (Å²) in [5.74, 6) is 0.371. The van der Waals surface area contributed by atoms with Gasteiger partial charge in [0.2, 0.25) is 0 Å². The van der Waals surface area contributed by atoms with Crippen LogP contribution >= 0.6 is 22.7 Å². The third-order valence-electron chi connectivity index (χ3n) is 4.06. The molecule has 0 aliphatic carbocycles. The average molecular weight is 295 g/mol. The lowest BCUT2D eigenvalue weighted by molar-refractivity contribution is -0.0766. The molecule has 0 bridgehead atoms. The van der Waals surface area contributed by atoms with Gasteiger partial charge in [-0.3, -0.25) is 0 Å². The number of thiophene rings is 2. The van der Waals surface area contributed by atoms with Crippen LogP contribution in [0.15, 0.2) is 17.5 Å². The minimum atomic E-state index is -0.152. The first kappa shape index (κ1) is 13.6. The first-order chi connectivity index (χ1) is 8.78.